The van der Waals surface area contributed by atoms with Crippen LogP contribution >= 0.6 is 11.3 Å². The minimum atomic E-state index is -0.401. The zero-order chi connectivity index (χ0) is 22.0. The molecule has 1 amide bonds. The summed E-state index contributed by atoms with van der Waals surface area (Å²) in [5.41, 5.74) is 2.03. The number of amides is 1. The van der Waals surface area contributed by atoms with Crippen LogP contribution in [0.3, 0.4) is 0 Å². The van der Waals surface area contributed by atoms with Crippen LogP contribution in [0.1, 0.15) is 53.9 Å². The molecule has 0 bridgehead atoms. The van der Waals surface area contributed by atoms with Gasteiger partial charge in [0.25, 0.3) is 5.56 Å². The van der Waals surface area contributed by atoms with Gasteiger partial charge in [-0.3, -0.25) is 18.7 Å². The summed E-state index contributed by atoms with van der Waals surface area (Å²) >= 11 is 1.65. The van der Waals surface area contributed by atoms with Crippen molar-refractivity contribution in [1.29, 1.82) is 0 Å². The van der Waals surface area contributed by atoms with Crippen LogP contribution in [-0.4, -0.2) is 20.0 Å². The van der Waals surface area contributed by atoms with Gasteiger partial charge in [0.15, 0.2) is 0 Å². The molecule has 3 aromatic heterocycles. The second-order valence-electron chi connectivity index (χ2n) is 7.63. The van der Waals surface area contributed by atoms with Gasteiger partial charge in [-0.2, -0.15) is 0 Å². The molecule has 3 heterocycles. The topological polar surface area (TPSA) is 86.0 Å². The van der Waals surface area contributed by atoms with Crippen molar-refractivity contribution < 1.29 is 4.79 Å². The van der Waals surface area contributed by atoms with Gasteiger partial charge in [0.05, 0.1) is 11.4 Å². The van der Waals surface area contributed by atoms with Gasteiger partial charge in [-0.15, -0.1) is 11.3 Å². The van der Waals surface area contributed by atoms with Gasteiger partial charge in [0, 0.05) is 31.1 Å². The van der Waals surface area contributed by atoms with Crippen molar-refractivity contribution in [1.82, 2.24) is 19.4 Å². The predicted molar refractivity (Wildman–Crippen MR) is 120 cm³/mol. The van der Waals surface area contributed by atoms with E-state index < -0.39 is 5.69 Å². The molecule has 1 N–H and O–H groups in total. The van der Waals surface area contributed by atoms with Crippen molar-refractivity contribution in [3.05, 3.63) is 60.0 Å². The van der Waals surface area contributed by atoms with Crippen molar-refractivity contribution in [2.75, 3.05) is 0 Å². The van der Waals surface area contributed by atoms with Crippen LogP contribution in [0.2, 0.25) is 0 Å². The van der Waals surface area contributed by atoms with Crippen LogP contribution in [0, 0.1) is 13.8 Å². The molecule has 1 unspecified atom stereocenters. The van der Waals surface area contributed by atoms with Gasteiger partial charge in [0.2, 0.25) is 5.91 Å². The van der Waals surface area contributed by atoms with E-state index in [1.54, 1.807) is 18.4 Å². The van der Waals surface area contributed by atoms with Gasteiger partial charge < -0.3 is 5.32 Å². The standard InChI is InChI=1S/C22H28N4O3S/c1-6-8-16(17-9-7-12-30-17)24-18(27)11-10-15-13(2)19-20(23-14(15)3)25(4)22(29)26(5)21(19)28/h7,9,12,16H,6,8,10-11H2,1-5H3,(H,24,27). The fourth-order valence-corrected chi connectivity index (χ4v) is 4.69. The van der Waals surface area contributed by atoms with Crippen molar-refractivity contribution >= 4 is 28.3 Å². The fourth-order valence-electron chi connectivity index (χ4n) is 3.88. The van der Waals surface area contributed by atoms with Crippen LogP contribution < -0.4 is 16.6 Å². The summed E-state index contributed by atoms with van der Waals surface area (Å²) < 4.78 is 2.49. The maximum atomic E-state index is 12.7. The Bertz CT molecular complexity index is 1190. The summed E-state index contributed by atoms with van der Waals surface area (Å²) in [4.78, 5) is 43.3. The van der Waals surface area contributed by atoms with E-state index in [1.807, 2.05) is 31.4 Å². The van der Waals surface area contributed by atoms with E-state index in [4.69, 9.17) is 0 Å². The number of aromatic nitrogens is 3. The molecule has 0 aliphatic heterocycles. The molecule has 0 saturated carbocycles. The maximum absolute atomic E-state index is 12.7. The number of carbonyl (C=O) groups excluding carboxylic acids is 1. The molecule has 160 valence electrons. The number of thiophene rings is 1. The molecule has 0 aromatic carbocycles. The summed E-state index contributed by atoms with van der Waals surface area (Å²) in [5, 5.41) is 5.60. The molecule has 3 aromatic rings. The smallest absolute Gasteiger partial charge is 0.332 e. The highest BCUT2D eigenvalue weighted by molar-refractivity contribution is 7.10. The van der Waals surface area contributed by atoms with Gasteiger partial charge >= 0.3 is 5.69 Å². The van der Waals surface area contributed by atoms with Crippen molar-refractivity contribution in [3.63, 3.8) is 0 Å². The molecule has 7 nitrogen and oxygen atoms in total. The zero-order valence-electron chi connectivity index (χ0n) is 18.1. The second kappa shape index (κ2) is 8.95. The summed E-state index contributed by atoms with van der Waals surface area (Å²) in [6.45, 7) is 5.82. The average molecular weight is 429 g/mol. The molecule has 3 rings (SSSR count). The number of pyridine rings is 1. The van der Waals surface area contributed by atoms with Crippen LogP contribution in [0.25, 0.3) is 11.0 Å². The molecule has 0 saturated heterocycles. The second-order valence-corrected chi connectivity index (χ2v) is 8.61. The summed E-state index contributed by atoms with van der Waals surface area (Å²) in [7, 11) is 3.08. The molecule has 1 atom stereocenters. The summed E-state index contributed by atoms with van der Waals surface area (Å²) in [6.07, 6.45) is 2.68. The van der Waals surface area contributed by atoms with Crippen LogP contribution in [0.4, 0.5) is 0 Å². The first-order chi connectivity index (χ1) is 14.3. The zero-order valence-corrected chi connectivity index (χ0v) is 18.9. The normalized spacial score (nSPS) is 12.3. The maximum Gasteiger partial charge on any atom is 0.332 e. The van der Waals surface area contributed by atoms with Gasteiger partial charge in [-0.05, 0) is 49.3 Å². The Morgan fingerprint density at radius 1 is 1.23 bits per heavy atom. The number of nitrogens with one attached hydrogen (secondary N) is 1. The van der Waals surface area contributed by atoms with Crippen LogP contribution in [0.15, 0.2) is 27.1 Å². The number of hydrogen-bond acceptors (Lipinski definition) is 5. The van der Waals surface area contributed by atoms with E-state index in [0.29, 0.717) is 23.9 Å². The van der Waals surface area contributed by atoms with Crippen molar-refractivity contribution in [2.24, 2.45) is 14.1 Å². The average Bonchev–Trinajstić information content (AvgIpc) is 3.24. The van der Waals surface area contributed by atoms with E-state index in [2.05, 4.69) is 17.2 Å². The third kappa shape index (κ3) is 4.09. The van der Waals surface area contributed by atoms with Crippen molar-refractivity contribution in [3.8, 4) is 0 Å². The lowest BCUT2D eigenvalue weighted by Crippen LogP contribution is -2.38. The number of nitrogens with zero attached hydrogens (tertiary/aromatic N) is 3. The molecule has 0 radical (unpaired) electrons. The monoisotopic (exact) mass is 428 g/mol. The highest BCUT2D eigenvalue weighted by Gasteiger charge is 2.19. The van der Waals surface area contributed by atoms with Gasteiger partial charge in [-0.1, -0.05) is 19.4 Å². The van der Waals surface area contributed by atoms with E-state index in [9.17, 15) is 14.4 Å². The molecule has 0 aliphatic carbocycles. The van der Waals surface area contributed by atoms with Crippen molar-refractivity contribution in [2.45, 2.75) is 52.5 Å². The quantitative estimate of drug-likeness (QED) is 0.627. The largest absolute Gasteiger partial charge is 0.348 e. The lowest BCUT2D eigenvalue weighted by atomic mass is 9.99. The molecule has 0 spiro atoms. The summed E-state index contributed by atoms with van der Waals surface area (Å²) in [5.74, 6) is -0.0193. The third-order valence-corrected chi connectivity index (χ3v) is 6.56. The van der Waals surface area contributed by atoms with Gasteiger partial charge in [-0.25, -0.2) is 9.78 Å². The van der Waals surface area contributed by atoms with E-state index in [0.717, 1.165) is 39.1 Å². The molecular formula is C22H28N4O3S. The predicted octanol–water partition coefficient (Wildman–Crippen LogP) is 2.90. The number of fused-ring (bicyclic) bond motifs is 1. The third-order valence-electron chi connectivity index (χ3n) is 5.57. The fraction of sp³-hybridized carbons (Fsp3) is 0.455. The SMILES string of the molecule is CCCC(NC(=O)CCc1c(C)nc2c(c1C)c(=O)n(C)c(=O)n2C)c1cccs1. The Hall–Kier alpha value is -2.74. The molecular weight excluding hydrogens is 400 g/mol. The Morgan fingerprint density at radius 3 is 2.60 bits per heavy atom. The van der Waals surface area contributed by atoms with Gasteiger partial charge in [0.1, 0.15) is 5.65 Å². The molecule has 0 aliphatic rings. The Labute approximate surface area is 179 Å². The molecule has 30 heavy (non-hydrogen) atoms. The number of hydrogen-bond donors (Lipinski definition) is 1. The molecule has 8 heteroatoms. The number of carbonyl (C=O) groups is 1. The van der Waals surface area contributed by atoms with Crippen LogP contribution in [-0.2, 0) is 25.3 Å². The first-order valence-corrected chi connectivity index (χ1v) is 11.0. The summed E-state index contributed by atoms with van der Waals surface area (Å²) in [6, 6.07) is 4.07. The van der Waals surface area contributed by atoms with E-state index >= 15 is 0 Å². The number of aryl methyl sites for hydroxylation is 3. The lowest BCUT2D eigenvalue weighted by Gasteiger charge is -2.18. The highest BCUT2D eigenvalue weighted by atomic mass is 32.1. The first-order valence-electron chi connectivity index (χ1n) is 10.1. The highest BCUT2D eigenvalue weighted by Crippen LogP contribution is 2.24. The number of rotatable bonds is 7. The lowest BCUT2D eigenvalue weighted by molar-refractivity contribution is -0.121. The molecule has 0 fully saturated rings. The van der Waals surface area contributed by atoms with Crippen LogP contribution in [0.5, 0.6) is 0 Å². The minimum Gasteiger partial charge on any atom is -0.348 e. The Balaban J connectivity index is 1.86. The minimum absolute atomic E-state index is 0.0193. The van der Waals surface area contributed by atoms with E-state index in [-0.39, 0.29) is 17.5 Å². The Morgan fingerprint density at radius 2 is 1.97 bits per heavy atom. The Kier molecular flexibility index (Phi) is 6.55. The van der Waals surface area contributed by atoms with E-state index in [1.165, 1.54) is 11.6 Å². The first kappa shape index (κ1) is 22.0.